The zero-order chi connectivity index (χ0) is 13.2. The molecule has 1 aliphatic rings. The smallest absolute Gasteiger partial charge is 0.364 e. The molecular weight excluding hydrogens is 271 g/mol. The Labute approximate surface area is 105 Å². The van der Waals surface area contributed by atoms with Crippen molar-refractivity contribution in [3.63, 3.8) is 0 Å². The third kappa shape index (κ3) is 3.59. The van der Waals surface area contributed by atoms with E-state index in [1.807, 2.05) is 0 Å². The number of hydrogen-bond donors (Lipinski definition) is 1. The van der Waals surface area contributed by atoms with Crippen molar-refractivity contribution in [2.24, 2.45) is 5.73 Å². The molecule has 9 heteroatoms. The lowest BCUT2D eigenvalue weighted by molar-refractivity contribution is -0.177. The van der Waals surface area contributed by atoms with Crippen LogP contribution < -0.4 is 5.73 Å². The molecule has 1 aliphatic heterocycles. The first-order valence-electron chi connectivity index (χ1n) is 5.26. The first-order valence-corrected chi connectivity index (χ1v) is 6.41. The Morgan fingerprint density at radius 3 is 2.83 bits per heavy atom. The summed E-state index contributed by atoms with van der Waals surface area (Å²) in [6.45, 7) is -1.65. The summed E-state index contributed by atoms with van der Waals surface area (Å²) in [5.41, 5.74) is 5.85. The number of halogens is 3. The third-order valence-electron chi connectivity index (χ3n) is 2.42. The molecule has 0 saturated carbocycles. The molecule has 2 unspecified atom stereocenters. The number of alkyl halides is 3. The van der Waals surface area contributed by atoms with Crippen LogP contribution in [0.1, 0.15) is 17.6 Å². The van der Waals surface area contributed by atoms with Crippen molar-refractivity contribution in [1.82, 2.24) is 10.1 Å². The molecule has 2 heterocycles. The predicted molar refractivity (Wildman–Crippen MR) is 58.1 cm³/mol. The highest BCUT2D eigenvalue weighted by Crippen LogP contribution is 2.30. The highest BCUT2D eigenvalue weighted by molar-refractivity contribution is 7.99. The molecule has 1 fully saturated rings. The van der Waals surface area contributed by atoms with Crippen molar-refractivity contribution in [2.45, 2.75) is 24.7 Å². The molecule has 0 aliphatic carbocycles. The average molecular weight is 283 g/mol. The molecular formula is C9H12F3N3O2S. The van der Waals surface area contributed by atoms with Gasteiger partial charge >= 0.3 is 6.18 Å². The van der Waals surface area contributed by atoms with Gasteiger partial charge in [-0.1, -0.05) is 5.16 Å². The van der Waals surface area contributed by atoms with Crippen molar-refractivity contribution in [3.05, 3.63) is 11.7 Å². The summed E-state index contributed by atoms with van der Waals surface area (Å²) < 4.78 is 45.0. The summed E-state index contributed by atoms with van der Waals surface area (Å²) in [6, 6.07) is -0.0561. The fourth-order valence-electron chi connectivity index (χ4n) is 1.56. The van der Waals surface area contributed by atoms with Crippen molar-refractivity contribution >= 4 is 11.8 Å². The van der Waals surface area contributed by atoms with Crippen LogP contribution in [0.25, 0.3) is 0 Å². The number of thioether (sulfide) groups is 1. The Kier molecular flexibility index (Phi) is 4.13. The lowest BCUT2D eigenvalue weighted by Crippen LogP contribution is -2.26. The SMILES string of the molecule is NC1CSCC1c1nc(COCC(F)(F)F)no1. The summed E-state index contributed by atoms with van der Waals surface area (Å²) in [6.07, 6.45) is -4.35. The Bertz CT molecular complexity index is 399. The molecule has 0 aromatic carbocycles. The van der Waals surface area contributed by atoms with Crippen LogP contribution in [0.3, 0.4) is 0 Å². The van der Waals surface area contributed by atoms with E-state index in [0.717, 1.165) is 11.5 Å². The molecule has 0 bridgehead atoms. The maximum atomic E-state index is 11.9. The lowest BCUT2D eigenvalue weighted by Gasteiger charge is -2.07. The van der Waals surface area contributed by atoms with Gasteiger partial charge in [-0.3, -0.25) is 0 Å². The molecule has 0 spiro atoms. The summed E-state index contributed by atoms with van der Waals surface area (Å²) in [5, 5.41) is 3.57. The zero-order valence-electron chi connectivity index (χ0n) is 9.31. The van der Waals surface area contributed by atoms with Gasteiger partial charge in [0.1, 0.15) is 13.2 Å². The number of nitrogens with zero attached hydrogens (tertiary/aromatic N) is 2. The summed E-state index contributed by atoms with van der Waals surface area (Å²) >= 11 is 1.68. The van der Waals surface area contributed by atoms with E-state index in [1.54, 1.807) is 11.8 Å². The molecule has 18 heavy (non-hydrogen) atoms. The van der Waals surface area contributed by atoms with E-state index in [1.165, 1.54) is 0 Å². The second kappa shape index (κ2) is 5.45. The monoisotopic (exact) mass is 283 g/mol. The van der Waals surface area contributed by atoms with Crippen molar-refractivity contribution in [3.8, 4) is 0 Å². The topological polar surface area (TPSA) is 74.2 Å². The molecule has 1 aromatic rings. The molecule has 102 valence electrons. The second-order valence-electron chi connectivity index (χ2n) is 3.96. The zero-order valence-corrected chi connectivity index (χ0v) is 10.1. The Morgan fingerprint density at radius 1 is 1.44 bits per heavy atom. The highest BCUT2D eigenvalue weighted by atomic mass is 32.2. The maximum absolute atomic E-state index is 11.9. The minimum Gasteiger partial charge on any atom is -0.364 e. The third-order valence-corrected chi connectivity index (χ3v) is 3.64. The van der Waals surface area contributed by atoms with Crippen LogP contribution in [0, 0.1) is 0 Å². The molecule has 2 N–H and O–H groups in total. The molecule has 1 saturated heterocycles. The van der Waals surface area contributed by atoms with E-state index in [4.69, 9.17) is 10.3 Å². The van der Waals surface area contributed by atoms with Gasteiger partial charge < -0.3 is 15.0 Å². The number of rotatable bonds is 4. The van der Waals surface area contributed by atoms with Gasteiger partial charge in [0.15, 0.2) is 5.82 Å². The van der Waals surface area contributed by atoms with E-state index >= 15 is 0 Å². The Hall–Kier alpha value is -0.800. The largest absolute Gasteiger partial charge is 0.411 e. The summed E-state index contributed by atoms with van der Waals surface area (Å²) in [4.78, 5) is 4.00. The maximum Gasteiger partial charge on any atom is 0.411 e. The van der Waals surface area contributed by atoms with E-state index in [9.17, 15) is 13.2 Å². The normalized spacial score (nSPS) is 24.7. The van der Waals surface area contributed by atoms with Gasteiger partial charge in [0.05, 0.1) is 5.92 Å². The van der Waals surface area contributed by atoms with E-state index in [0.29, 0.717) is 5.89 Å². The van der Waals surface area contributed by atoms with Crippen LogP contribution in [0.15, 0.2) is 4.52 Å². The van der Waals surface area contributed by atoms with Gasteiger partial charge in [0.2, 0.25) is 5.89 Å². The average Bonchev–Trinajstić information content (AvgIpc) is 2.84. The predicted octanol–water partition coefficient (Wildman–Crippen LogP) is 1.31. The van der Waals surface area contributed by atoms with Crippen molar-refractivity contribution < 1.29 is 22.4 Å². The Balaban J connectivity index is 1.86. The van der Waals surface area contributed by atoms with Crippen LogP contribution in [0.5, 0.6) is 0 Å². The summed E-state index contributed by atoms with van der Waals surface area (Å²) in [7, 11) is 0. The number of hydrogen-bond acceptors (Lipinski definition) is 6. The van der Waals surface area contributed by atoms with Gasteiger partial charge in [0.25, 0.3) is 0 Å². The fourth-order valence-corrected chi connectivity index (χ4v) is 2.84. The van der Waals surface area contributed by atoms with Crippen molar-refractivity contribution in [1.29, 1.82) is 0 Å². The van der Waals surface area contributed by atoms with Crippen LogP contribution in [0.4, 0.5) is 13.2 Å². The highest BCUT2D eigenvalue weighted by Gasteiger charge is 2.31. The molecule has 2 rings (SSSR count). The molecule has 1 aromatic heterocycles. The Morgan fingerprint density at radius 2 is 2.22 bits per heavy atom. The van der Waals surface area contributed by atoms with Gasteiger partial charge in [-0.2, -0.15) is 29.9 Å². The lowest BCUT2D eigenvalue weighted by atomic mass is 10.1. The van der Waals surface area contributed by atoms with Gasteiger partial charge in [-0.05, 0) is 0 Å². The van der Waals surface area contributed by atoms with Crippen molar-refractivity contribution in [2.75, 3.05) is 18.1 Å². The van der Waals surface area contributed by atoms with Crippen LogP contribution in [-0.4, -0.2) is 40.5 Å². The van der Waals surface area contributed by atoms with Gasteiger partial charge in [-0.25, -0.2) is 0 Å². The molecule has 0 amide bonds. The minimum atomic E-state index is -4.35. The standard InChI is InChI=1S/C9H12F3N3O2S/c10-9(11,12)4-16-1-7-14-8(17-15-7)5-2-18-3-6(5)13/h5-6H,1-4,13H2. The van der Waals surface area contributed by atoms with Crippen LogP contribution in [-0.2, 0) is 11.3 Å². The second-order valence-corrected chi connectivity index (χ2v) is 5.04. The number of nitrogens with two attached hydrogens (primary N) is 1. The fraction of sp³-hybridized carbons (Fsp3) is 0.778. The quantitative estimate of drug-likeness (QED) is 0.898. The van der Waals surface area contributed by atoms with Gasteiger partial charge in [0, 0.05) is 17.5 Å². The minimum absolute atomic E-state index is 0.0288. The van der Waals surface area contributed by atoms with Crippen LogP contribution >= 0.6 is 11.8 Å². The van der Waals surface area contributed by atoms with E-state index in [-0.39, 0.29) is 24.4 Å². The first kappa shape index (κ1) is 13.6. The van der Waals surface area contributed by atoms with E-state index < -0.39 is 12.8 Å². The molecule has 2 atom stereocenters. The van der Waals surface area contributed by atoms with Gasteiger partial charge in [-0.15, -0.1) is 0 Å². The number of ether oxygens (including phenoxy) is 1. The summed E-state index contributed by atoms with van der Waals surface area (Å²) in [5.74, 6) is 2.05. The molecule has 0 radical (unpaired) electrons. The van der Waals surface area contributed by atoms with Crippen LogP contribution in [0.2, 0.25) is 0 Å². The molecule has 5 nitrogen and oxygen atoms in total. The first-order chi connectivity index (χ1) is 8.46. The number of aromatic nitrogens is 2. The van der Waals surface area contributed by atoms with E-state index in [2.05, 4.69) is 14.9 Å².